The van der Waals surface area contributed by atoms with E-state index < -0.39 is 5.82 Å². The van der Waals surface area contributed by atoms with Gasteiger partial charge in [0.2, 0.25) is 0 Å². The zero-order valence-corrected chi connectivity index (χ0v) is 16.2. The maximum absolute atomic E-state index is 13.1. The smallest absolute Gasteiger partial charge is 0.172 e. The van der Waals surface area contributed by atoms with Crippen LogP contribution < -0.4 is 10.7 Å². The highest BCUT2D eigenvalue weighted by atomic mass is 19.3. The van der Waals surface area contributed by atoms with Crippen molar-refractivity contribution in [3.63, 3.8) is 0 Å². The number of alkyl halides is 1. The van der Waals surface area contributed by atoms with E-state index in [-0.39, 0.29) is 17.5 Å². The molecular weight excluding hydrogens is 383 g/mol. The summed E-state index contributed by atoms with van der Waals surface area (Å²) in [6.07, 6.45) is 2.71. The van der Waals surface area contributed by atoms with Gasteiger partial charge in [-0.05, 0) is 56.0 Å². The third-order valence-electron chi connectivity index (χ3n) is 4.63. The Morgan fingerprint density at radius 2 is 2.03 bits per heavy atom. The maximum atomic E-state index is 13.1. The average Bonchev–Trinajstić information content (AvgIpc) is 2.76. The molecule has 0 amide bonds. The van der Waals surface area contributed by atoms with Crippen molar-refractivity contribution in [1.29, 1.82) is 0 Å². The fourth-order valence-electron chi connectivity index (χ4n) is 3.13. The summed E-state index contributed by atoms with van der Waals surface area (Å²) in [5.74, 6) is -0.141. The topological polar surface area (TPSA) is 77.6 Å². The highest BCUT2D eigenvalue weighted by molar-refractivity contribution is 6.09. The van der Waals surface area contributed by atoms with E-state index in [9.17, 15) is 18.1 Å². The molecule has 0 bridgehead atoms. The SMILES string of the molecule is CC(=O)C1CC/C(=C(/N)c2cccc(OF)c2)C(=Nc2ccc(F)cn2)C1.CF. The number of Topliss-reactive ketones (excluding diaryl/α,β-unsaturated/α-hetero) is 1. The van der Waals surface area contributed by atoms with E-state index in [0.29, 0.717) is 49.2 Å². The Balaban J connectivity index is 0.00000145. The van der Waals surface area contributed by atoms with Crippen LogP contribution in [0.1, 0.15) is 31.7 Å². The molecule has 29 heavy (non-hydrogen) atoms. The van der Waals surface area contributed by atoms with Crippen molar-refractivity contribution < 1.29 is 23.0 Å². The summed E-state index contributed by atoms with van der Waals surface area (Å²) in [5, 5.41) is 0. The fourth-order valence-corrected chi connectivity index (χ4v) is 3.13. The highest BCUT2D eigenvalue weighted by Crippen LogP contribution is 2.32. The summed E-state index contributed by atoms with van der Waals surface area (Å²) in [5.41, 5.74) is 8.78. The van der Waals surface area contributed by atoms with Crippen molar-refractivity contribution in [2.45, 2.75) is 26.2 Å². The molecule has 1 fully saturated rings. The Morgan fingerprint density at radius 3 is 2.66 bits per heavy atom. The van der Waals surface area contributed by atoms with Gasteiger partial charge in [0.25, 0.3) is 0 Å². The van der Waals surface area contributed by atoms with Crippen molar-refractivity contribution in [2.24, 2.45) is 16.6 Å². The Morgan fingerprint density at radius 1 is 1.28 bits per heavy atom. The van der Waals surface area contributed by atoms with E-state index in [1.807, 2.05) is 0 Å². The van der Waals surface area contributed by atoms with Gasteiger partial charge in [-0.15, -0.1) is 0 Å². The molecule has 1 aliphatic rings. The number of aromatic nitrogens is 1. The second-order valence-corrected chi connectivity index (χ2v) is 6.44. The molecule has 5 nitrogen and oxygen atoms in total. The molecule has 0 saturated heterocycles. The Kier molecular flexibility index (Phi) is 7.94. The van der Waals surface area contributed by atoms with Gasteiger partial charge in [0.05, 0.1) is 13.4 Å². The van der Waals surface area contributed by atoms with E-state index in [1.165, 1.54) is 24.3 Å². The molecule has 1 aromatic carbocycles. The lowest BCUT2D eigenvalue weighted by atomic mass is 9.80. The minimum Gasteiger partial charge on any atom is -0.398 e. The highest BCUT2D eigenvalue weighted by Gasteiger charge is 2.27. The van der Waals surface area contributed by atoms with Gasteiger partial charge in [-0.1, -0.05) is 12.1 Å². The third kappa shape index (κ3) is 5.66. The van der Waals surface area contributed by atoms with Gasteiger partial charge in [0.15, 0.2) is 11.6 Å². The molecule has 1 aliphatic carbocycles. The minimum atomic E-state index is -0.456. The maximum Gasteiger partial charge on any atom is 0.172 e. The lowest BCUT2D eigenvalue weighted by molar-refractivity contribution is -0.120. The first-order chi connectivity index (χ1) is 14.0. The van der Waals surface area contributed by atoms with Crippen molar-refractivity contribution in [3.8, 4) is 5.75 Å². The van der Waals surface area contributed by atoms with Crippen LogP contribution in [0.5, 0.6) is 5.75 Å². The largest absolute Gasteiger partial charge is 0.398 e. The predicted molar refractivity (Wildman–Crippen MR) is 106 cm³/mol. The van der Waals surface area contributed by atoms with Crippen molar-refractivity contribution in [2.75, 3.05) is 7.18 Å². The number of benzene rings is 1. The molecule has 2 aromatic rings. The van der Waals surface area contributed by atoms with E-state index in [2.05, 4.69) is 14.9 Å². The van der Waals surface area contributed by atoms with Gasteiger partial charge in [-0.2, -0.15) is 0 Å². The van der Waals surface area contributed by atoms with Crippen molar-refractivity contribution in [1.82, 2.24) is 4.98 Å². The number of ketones is 1. The van der Waals surface area contributed by atoms with Crippen LogP contribution >= 0.6 is 0 Å². The molecular formula is C21H22F3N3O2. The number of rotatable bonds is 4. The monoisotopic (exact) mass is 405 g/mol. The van der Waals surface area contributed by atoms with Crippen LogP contribution in [0.2, 0.25) is 0 Å². The van der Waals surface area contributed by atoms with Crippen molar-refractivity contribution in [3.05, 3.63) is 59.5 Å². The summed E-state index contributed by atoms with van der Waals surface area (Å²) in [4.78, 5) is 24.1. The van der Waals surface area contributed by atoms with Crippen molar-refractivity contribution >= 4 is 23.0 Å². The summed E-state index contributed by atoms with van der Waals surface area (Å²) >= 11 is 0. The molecule has 3 rings (SSSR count). The van der Waals surface area contributed by atoms with Crippen LogP contribution in [-0.4, -0.2) is 23.7 Å². The van der Waals surface area contributed by atoms with Crippen LogP contribution in [-0.2, 0) is 4.79 Å². The number of nitrogens with zero attached hydrogens (tertiary/aromatic N) is 2. The Hall–Kier alpha value is -3.16. The van der Waals surface area contributed by atoms with Gasteiger partial charge in [0.1, 0.15) is 11.6 Å². The summed E-state index contributed by atoms with van der Waals surface area (Å²) in [6.45, 7) is 1.55. The molecule has 2 N–H and O–H groups in total. The number of pyridine rings is 1. The Labute approximate surface area is 167 Å². The van der Waals surface area contributed by atoms with Gasteiger partial charge >= 0.3 is 0 Å². The molecule has 1 aromatic heterocycles. The predicted octanol–water partition coefficient (Wildman–Crippen LogP) is 4.90. The number of halogens is 3. The first-order valence-electron chi connectivity index (χ1n) is 8.93. The fraction of sp³-hybridized carbons (Fsp3) is 0.286. The normalized spacial score (nSPS) is 19.2. The summed E-state index contributed by atoms with van der Waals surface area (Å²) in [7, 11) is 0.500. The molecule has 0 aliphatic heterocycles. The van der Waals surface area contributed by atoms with Crippen LogP contribution in [0.25, 0.3) is 5.70 Å². The summed E-state index contributed by atoms with van der Waals surface area (Å²) in [6, 6.07) is 9.09. The Bertz CT molecular complexity index is 912. The van der Waals surface area contributed by atoms with E-state index in [4.69, 9.17) is 5.73 Å². The zero-order chi connectivity index (χ0) is 21.4. The lowest BCUT2D eigenvalue weighted by Crippen LogP contribution is -2.25. The second kappa shape index (κ2) is 10.4. The number of carbonyl (C=O) groups is 1. The molecule has 1 atom stereocenters. The molecule has 154 valence electrons. The van der Waals surface area contributed by atoms with E-state index in [0.717, 1.165) is 11.8 Å². The van der Waals surface area contributed by atoms with Gasteiger partial charge < -0.3 is 5.73 Å². The van der Waals surface area contributed by atoms with Gasteiger partial charge in [-0.3, -0.25) is 14.1 Å². The third-order valence-corrected chi connectivity index (χ3v) is 4.63. The standard InChI is InChI=1S/C20H19F2N3O2.CH3F/c1-12(26)13-5-7-17(20(23)14-3-2-4-16(9-14)27-22)18(10-13)25-19-8-6-15(21)11-24-19;1-2/h2-4,6,8-9,11,13H,5,7,10,23H2,1H3;1H3/b20-17-,25-18?;. The van der Waals surface area contributed by atoms with Gasteiger partial charge in [0, 0.05) is 27.4 Å². The van der Waals surface area contributed by atoms with Gasteiger partial charge in [-0.25, -0.2) is 14.4 Å². The molecule has 8 heteroatoms. The number of carbonyl (C=O) groups excluding carboxylic acids is 1. The first kappa shape index (κ1) is 22.1. The quantitative estimate of drug-likeness (QED) is 0.785. The number of aliphatic imine (C=N–C) groups is 1. The molecule has 0 radical (unpaired) electrons. The lowest BCUT2D eigenvalue weighted by Gasteiger charge is -2.25. The molecule has 1 saturated carbocycles. The van der Waals surface area contributed by atoms with E-state index in [1.54, 1.807) is 19.1 Å². The van der Waals surface area contributed by atoms with Crippen LogP contribution in [0.4, 0.5) is 19.1 Å². The average molecular weight is 405 g/mol. The number of hydrogen-bond donors (Lipinski definition) is 1. The number of nitrogens with two attached hydrogens (primary N) is 1. The number of hydrogen-bond acceptors (Lipinski definition) is 5. The second-order valence-electron chi connectivity index (χ2n) is 6.44. The molecule has 1 unspecified atom stereocenters. The zero-order valence-electron chi connectivity index (χ0n) is 16.2. The van der Waals surface area contributed by atoms with Crippen LogP contribution in [0.15, 0.2) is 53.2 Å². The summed E-state index contributed by atoms with van der Waals surface area (Å²) < 4.78 is 35.1. The van der Waals surface area contributed by atoms with E-state index >= 15 is 0 Å². The van der Waals surface area contributed by atoms with Crippen LogP contribution in [0, 0.1) is 11.7 Å². The minimum absolute atomic E-state index is 0.0483. The number of allylic oxidation sites excluding steroid dienone is 1. The molecule has 0 spiro atoms. The molecule has 1 heterocycles. The van der Waals surface area contributed by atoms with Crippen LogP contribution in [0.3, 0.4) is 0 Å². The first-order valence-corrected chi connectivity index (χ1v) is 8.93.